The summed E-state index contributed by atoms with van der Waals surface area (Å²) in [6, 6.07) is 0. The minimum absolute atomic E-state index is 0.378. The van der Waals surface area contributed by atoms with Crippen molar-refractivity contribution in [3.63, 3.8) is 0 Å². The lowest BCUT2D eigenvalue weighted by molar-refractivity contribution is -0.912. The van der Waals surface area contributed by atoms with E-state index in [2.05, 4.69) is 0 Å². The highest BCUT2D eigenvalue weighted by atomic mass is 19.4. The van der Waals surface area contributed by atoms with Crippen molar-refractivity contribution in [2.24, 2.45) is 0 Å². The number of hydrogen-bond acceptors (Lipinski definition) is 0. The maximum Gasteiger partial charge on any atom is 0.460 e. The lowest BCUT2D eigenvalue weighted by Crippen LogP contribution is -2.61. The molecule has 0 saturated heterocycles. The Bertz CT molecular complexity index is 1080. The van der Waals surface area contributed by atoms with Gasteiger partial charge in [0.05, 0.1) is 25.9 Å². The van der Waals surface area contributed by atoms with Gasteiger partial charge in [0.1, 0.15) is 24.8 Å². The Kier molecular flexibility index (Phi) is 8.77. The van der Waals surface area contributed by atoms with Crippen LogP contribution >= 0.6 is 0 Å². The van der Waals surface area contributed by atoms with Crippen LogP contribution in [0.25, 0.3) is 0 Å². The monoisotopic (exact) mass is 642 g/mol. The van der Waals surface area contributed by atoms with Gasteiger partial charge in [0, 0.05) is 0 Å². The fourth-order valence-electron chi connectivity index (χ4n) is 3.17. The fraction of sp³-hybridized carbons (Fsp3) is 0.684. The Morgan fingerprint density at radius 1 is 0.439 bits per heavy atom. The van der Waals surface area contributed by atoms with E-state index < -0.39 is 73.8 Å². The zero-order valence-electron chi connectivity index (χ0n) is 19.6. The normalized spacial score (nSPS) is 15.1. The summed E-state index contributed by atoms with van der Waals surface area (Å²) in [6.07, 6.45) is -12.7. The molecule has 0 atom stereocenters. The maximum atomic E-state index is 13.7. The summed E-state index contributed by atoms with van der Waals surface area (Å²) >= 11 is 0. The molecule has 0 bridgehead atoms. The Hall–Kier alpha value is -2.84. The molecule has 0 fully saturated rings. The number of imidazole rings is 2. The molecule has 41 heavy (non-hydrogen) atoms. The summed E-state index contributed by atoms with van der Waals surface area (Å²) in [5, 5.41) is 0. The first kappa shape index (κ1) is 34.4. The Balaban J connectivity index is 2.04. The smallest absolute Gasteiger partial charge is 0.236 e. The van der Waals surface area contributed by atoms with Gasteiger partial charge in [-0.1, -0.05) is 0 Å². The second kappa shape index (κ2) is 10.5. The maximum absolute atomic E-state index is 13.7. The molecule has 2 heterocycles. The number of rotatable bonds is 12. The van der Waals surface area contributed by atoms with E-state index in [-0.39, 0.29) is 6.67 Å². The highest BCUT2D eigenvalue weighted by Crippen LogP contribution is 2.55. The number of aryl methyl sites for hydroxylation is 2. The molecule has 0 unspecified atom stereocenters. The first-order valence-electron chi connectivity index (χ1n) is 10.6. The molecule has 22 heteroatoms. The van der Waals surface area contributed by atoms with Crippen molar-refractivity contribution in [2.45, 2.75) is 80.5 Å². The van der Waals surface area contributed by atoms with Gasteiger partial charge in [-0.15, -0.1) is 0 Å². The van der Waals surface area contributed by atoms with Gasteiger partial charge >= 0.3 is 47.9 Å². The Morgan fingerprint density at radius 2 is 0.732 bits per heavy atom. The summed E-state index contributed by atoms with van der Waals surface area (Å²) in [5.74, 6) is -39.4. The van der Waals surface area contributed by atoms with Crippen molar-refractivity contribution in [1.29, 1.82) is 0 Å². The van der Waals surface area contributed by atoms with Crippen LogP contribution in [0.4, 0.5) is 79.0 Å². The molecule has 236 valence electrons. The van der Waals surface area contributed by atoms with Gasteiger partial charge in [-0.3, -0.25) is 0 Å². The van der Waals surface area contributed by atoms with Crippen LogP contribution in [0.1, 0.15) is 12.8 Å². The van der Waals surface area contributed by atoms with E-state index in [1.807, 2.05) is 0 Å². The molecule has 0 N–H and O–H groups in total. The molecule has 4 nitrogen and oxygen atoms in total. The lowest BCUT2D eigenvalue weighted by atomic mass is 10.0. The minimum atomic E-state index is -7.05. The second-order valence-electron chi connectivity index (χ2n) is 8.67. The van der Waals surface area contributed by atoms with Crippen molar-refractivity contribution in [3.05, 3.63) is 37.4 Å². The predicted octanol–water partition coefficient (Wildman–Crippen LogP) is 6.09. The zero-order chi connectivity index (χ0) is 32.1. The molecule has 0 aromatic carbocycles. The molecular formula is C19H16F18N4+2. The highest BCUT2D eigenvalue weighted by molar-refractivity contribution is 5.01. The van der Waals surface area contributed by atoms with Crippen LogP contribution in [0.5, 0.6) is 0 Å². The van der Waals surface area contributed by atoms with Crippen LogP contribution in [0.2, 0.25) is 0 Å². The molecule has 2 aromatic heterocycles. The van der Waals surface area contributed by atoms with Gasteiger partial charge in [-0.05, 0) is 0 Å². The second-order valence-corrected chi connectivity index (χ2v) is 8.67. The van der Waals surface area contributed by atoms with E-state index in [0.717, 1.165) is 46.6 Å². The SMILES string of the molecule is FC(F)(F)C(F)(F)C(F)(F)C(F)(F)CCn1cc[n+](C[n+]2ccn(CCC(F)(F)C(F)(F)C(F)(F)C(F)(F)F)c2)c1. The molecule has 0 saturated carbocycles. The van der Waals surface area contributed by atoms with Gasteiger partial charge in [0.15, 0.2) is 0 Å². The standard InChI is InChI=1S/C19H16F18N4/c20-12(21,14(24,25)16(28,29)18(32,33)34)1-3-38-5-7-40(9-38)11-41-8-6-39(10-41)4-2-13(22,23)15(26,27)17(30,31)19(35,36)37/h5-10H,1-4,11H2/q+2. The minimum Gasteiger partial charge on any atom is -0.236 e. The van der Waals surface area contributed by atoms with E-state index in [1.54, 1.807) is 0 Å². The van der Waals surface area contributed by atoms with Gasteiger partial charge in [0.2, 0.25) is 19.3 Å². The van der Waals surface area contributed by atoms with E-state index in [1.165, 1.54) is 0 Å². The lowest BCUT2D eigenvalue weighted by Gasteiger charge is -2.33. The summed E-state index contributed by atoms with van der Waals surface area (Å²) in [5.41, 5.74) is 0. The fourth-order valence-corrected chi connectivity index (χ4v) is 3.17. The summed E-state index contributed by atoms with van der Waals surface area (Å²) in [4.78, 5) is 0. The largest absolute Gasteiger partial charge is 0.460 e. The number of hydrogen-bond donors (Lipinski definition) is 0. The molecular weight excluding hydrogens is 626 g/mol. The third-order valence-corrected chi connectivity index (χ3v) is 5.61. The Morgan fingerprint density at radius 3 is 1.00 bits per heavy atom. The third kappa shape index (κ3) is 6.33. The highest BCUT2D eigenvalue weighted by Gasteiger charge is 2.82. The predicted molar refractivity (Wildman–Crippen MR) is 95.7 cm³/mol. The molecule has 0 radical (unpaired) electrons. The molecule has 0 spiro atoms. The van der Waals surface area contributed by atoms with Crippen LogP contribution in [-0.4, -0.2) is 57.0 Å². The van der Waals surface area contributed by atoms with E-state index in [0.29, 0.717) is 9.13 Å². The van der Waals surface area contributed by atoms with Crippen molar-refractivity contribution in [1.82, 2.24) is 9.13 Å². The molecule has 2 rings (SSSR count). The third-order valence-electron chi connectivity index (χ3n) is 5.61. The van der Waals surface area contributed by atoms with Gasteiger partial charge < -0.3 is 0 Å². The molecule has 2 aromatic rings. The number of aromatic nitrogens is 4. The first-order chi connectivity index (χ1) is 18.1. The van der Waals surface area contributed by atoms with E-state index in [9.17, 15) is 79.0 Å². The van der Waals surface area contributed by atoms with Crippen LogP contribution < -0.4 is 9.13 Å². The number of nitrogens with zero attached hydrogens (tertiary/aromatic N) is 4. The average molecular weight is 642 g/mol. The van der Waals surface area contributed by atoms with Crippen molar-refractivity contribution < 1.29 is 88.2 Å². The quantitative estimate of drug-likeness (QED) is 0.197. The molecule has 0 aliphatic heterocycles. The van der Waals surface area contributed by atoms with Crippen LogP contribution in [-0.2, 0) is 19.8 Å². The van der Waals surface area contributed by atoms with Gasteiger partial charge in [-0.2, -0.15) is 88.2 Å². The Labute approximate surface area is 216 Å². The molecule has 0 amide bonds. The number of halogens is 18. The average Bonchev–Trinajstić information content (AvgIpc) is 3.44. The first-order valence-corrected chi connectivity index (χ1v) is 10.6. The van der Waals surface area contributed by atoms with Gasteiger partial charge in [0.25, 0.3) is 0 Å². The van der Waals surface area contributed by atoms with Gasteiger partial charge in [-0.25, -0.2) is 9.13 Å². The molecule has 0 aliphatic carbocycles. The van der Waals surface area contributed by atoms with Crippen LogP contribution in [0.3, 0.4) is 0 Å². The number of alkyl halides is 18. The topological polar surface area (TPSA) is 17.6 Å². The summed E-state index contributed by atoms with van der Waals surface area (Å²) < 4.78 is 236. The van der Waals surface area contributed by atoms with Crippen LogP contribution in [0.15, 0.2) is 37.4 Å². The van der Waals surface area contributed by atoms with Crippen molar-refractivity contribution in [2.75, 3.05) is 0 Å². The molecule has 0 aliphatic rings. The van der Waals surface area contributed by atoms with Crippen molar-refractivity contribution in [3.8, 4) is 0 Å². The summed E-state index contributed by atoms with van der Waals surface area (Å²) in [7, 11) is 0. The van der Waals surface area contributed by atoms with E-state index >= 15 is 0 Å². The van der Waals surface area contributed by atoms with Crippen LogP contribution in [0, 0.1) is 0 Å². The zero-order valence-corrected chi connectivity index (χ0v) is 19.6. The summed E-state index contributed by atoms with van der Waals surface area (Å²) in [6.45, 7) is -2.76. The van der Waals surface area contributed by atoms with E-state index in [4.69, 9.17) is 0 Å². The van der Waals surface area contributed by atoms with Crippen molar-refractivity contribution >= 4 is 0 Å².